The van der Waals surface area contributed by atoms with E-state index < -0.39 is 71.2 Å². The van der Waals surface area contributed by atoms with Crippen LogP contribution in [-0.2, 0) is 23.7 Å². The van der Waals surface area contributed by atoms with E-state index in [1.807, 2.05) is 49.3 Å². The predicted octanol–water partition coefficient (Wildman–Crippen LogP) is 16.0. The maximum absolute atomic E-state index is 14.6. The van der Waals surface area contributed by atoms with Gasteiger partial charge in [-0.15, -0.1) is 23.5 Å². The summed E-state index contributed by atoms with van der Waals surface area (Å²) in [6.45, 7) is 3.41. The molecule has 0 fully saturated rings. The third kappa shape index (κ3) is 23.3. The van der Waals surface area contributed by atoms with Gasteiger partial charge >= 0.3 is 36.0 Å². The summed E-state index contributed by atoms with van der Waals surface area (Å²) in [5.41, 5.74) is 33.2. The number of ether oxygens (including phenoxy) is 7. The molecule has 9 rings (SSSR count). The molecule has 5 aromatic heterocycles. The van der Waals surface area contributed by atoms with E-state index in [0.717, 1.165) is 30.4 Å². The smallest absolute Gasteiger partial charge is 0.398 e. The van der Waals surface area contributed by atoms with E-state index in [9.17, 15) is 54.7 Å². The van der Waals surface area contributed by atoms with Gasteiger partial charge in [-0.05, 0) is 105 Å². The molecule has 9 aromatic rings. The fraction of sp³-hybridized carbons (Fsp3) is 0.229. The number of benzene rings is 4. The molecule has 0 unspecified atom stereocenters. The summed E-state index contributed by atoms with van der Waals surface area (Å²) in [5.74, 6) is -6.40. The van der Waals surface area contributed by atoms with Crippen LogP contribution in [0.5, 0.6) is 11.5 Å². The molecular formula is C70H69Cl4F7N12O12S2. The highest BCUT2D eigenvalue weighted by molar-refractivity contribution is 7.99. The number of anilines is 7. The van der Waals surface area contributed by atoms with E-state index in [0.29, 0.717) is 60.8 Å². The molecule has 0 bridgehead atoms. The number of methoxy groups -OCH3 is 5. The molecule has 0 amide bonds. The first kappa shape index (κ1) is 87.2. The van der Waals surface area contributed by atoms with E-state index in [1.165, 1.54) is 83.5 Å². The van der Waals surface area contributed by atoms with Gasteiger partial charge in [0, 0.05) is 69.8 Å². The lowest BCUT2D eigenvalue weighted by Crippen LogP contribution is -2.16. The highest BCUT2D eigenvalue weighted by Crippen LogP contribution is 2.40. The molecule has 37 heteroatoms. The lowest BCUT2D eigenvalue weighted by molar-refractivity contribution is -0.105. The Kier molecular flexibility index (Phi) is 32.9. The third-order valence-corrected chi connectivity index (χ3v) is 17.0. The molecule has 5 heterocycles. The summed E-state index contributed by atoms with van der Waals surface area (Å²) in [5, 5.41) is 4.49. The molecule has 0 aliphatic heterocycles. The van der Waals surface area contributed by atoms with Crippen LogP contribution in [0.15, 0.2) is 119 Å². The number of hydrogen-bond acceptors (Lipinski definition) is 26. The van der Waals surface area contributed by atoms with Crippen molar-refractivity contribution in [2.24, 2.45) is 0 Å². The summed E-state index contributed by atoms with van der Waals surface area (Å²) < 4.78 is 125. The standard InChI is InChI=1S/C16H13ClF4N2O2S.C16H16ClFN2O3S.C15H16ClN3O2.C14H14ClN3O2.C9H10F2N2O3/c1-2-25-15(24)13-14(26-7-16(19,20)21)11(22)6-12(23-13)9-4-3-8(17)5-10(9)18;1-4-23-16(21)13-15(24-3)10(19)7-11(20-13)8-5-6-9(17)14(22-2)12(8)18;1-19(2)12-8-11(9-4-6-10(16)7-5-9)18-14(13(12)17)15(20)21-3;1-17-11-7-10(8-3-5-9(15)6-4-8)18-13(12(11)16)14(19)20-2;1-15-7-4(12)3-5(8(10)11)13-6(7)9(14)16-2/h3-6H,2,7H2,1H3,(H2,22,23);5-7H,4H2,1-3H3,(H2,19,20);4-8H,17H2,1-3H3;3-7H,16H2,1-2H3,(H,17,18);3,8H,1-2H3,(H2,12,13). The Bertz CT molecular complexity index is 4680. The van der Waals surface area contributed by atoms with Gasteiger partial charge in [0.25, 0.3) is 6.43 Å². The van der Waals surface area contributed by atoms with Crippen molar-refractivity contribution in [3.8, 4) is 56.5 Å². The van der Waals surface area contributed by atoms with Crippen LogP contribution in [0.4, 0.5) is 70.5 Å². The zero-order valence-corrected chi connectivity index (χ0v) is 63.2. The second-order valence-corrected chi connectivity index (χ2v) is 24.7. The SMILES string of the molecule is CCOC(=O)c1nc(-c2ccc(Cl)c(OC)c2F)cc(N)c1SC.CCOC(=O)c1nc(-c2ccc(Cl)cc2F)cc(N)c1SCC(F)(F)F.CNc1cc(-c2ccc(Cl)cc2)nc(C(=O)OC)c1N.COC(=O)c1nc(-c2ccc(Cl)cc2)cc(N(C)C)c1N.COC(=O)c1nc(C(F)F)cc(N)c1OC. The van der Waals surface area contributed by atoms with Crippen LogP contribution in [-0.4, -0.2) is 143 Å². The molecule has 11 N–H and O–H groups in total. The first-order valence-electron chi connectivity index (χ1n) is 30.6. The minimum Gasteiger partial charge on any atom is -0.492 e. The maximum Gasteiger partial charge on any atom is 0.398 e. The highest BCUT2D eigenvalue weighted by Gasteiger charge is 2.31. The van der Waals surface area contributed by atoms with Crippen LogP contribution < -0.4 is 48.4 Å². The molecule has 0 aliphatic carbocycles. The van der Waals surface area contributed by atoms with Crippen molar-refractivity contribution in [3.05, 3.63) is 175 Å². The Hall–Kier alpha value is -10.4. The van der Waals surface area contributed by atoms with E-state index in [2.05, 4.69) is 35.0 Å². The fourth-order valence-electron chi connectivity index (χ4n) is 9.04. The number of nitrogens with two attached hydrogens (primary N) is 5. The van der Waals surface area contributed by atoms with Crippen molar-refractivity contribution in [1.29, 1.82) is 0 Å². The van der Waals surface area contributed by atoms with Gasteiger partial charge in [-0.2, -0.15) is 13.2 Å². The van der Waals surface area contributed by atoms with Crippen LogP contribution in [0.3, 0.4) is 0 Å². The van der Waals surface area contributed by atoms with Crippen molar-refractivity contribution >= 4 is 140 Å². The van der Waals surface area contributed by atoms with E-state index in [4.69, 9.17) is 103 Å². The van der Waals surface area contributed by atoms with Crippen molar-refractivity contribution in [3.63, 3.8) is 0 Å². The van der Waals surface area contributed by atoms with Gasteiger partial charge in [0.15, 0.2) is 45.8 Å². The Morgan fingerprint density at radius 1 is 0.533 bits per heavy atom. The normalized spacial score (nSPS) is 10.6. The molecule has 107 heavy (non-hydrogen) atoms. The molecule has 0 aliphatic rings. The van der Waals surface area contributed by atoms with Crippen LogP contribution in [0, 0.1) is 11.6 Å². The monoisotopic (exact) mass is 1610 g/mol. The molecule has 24 nitrogen and oxygen atoms in total. The van der Waals surface area contributed by atoms with Gasteiger partial charge in [-0.3, -0.25) is 0 Å². The van der Waals surface area contributed by atoms with Crippen molar-refractivity contribution in [1.82, 2.24) is 24.9 Å². The largest absolute Gasteiger partial charge is 0.492 e. The number of halogens is 11. The lowest BCUT2D eigenvalue weighted by atomic mass is 10.1. The van der Waals surface area contributed by atoms with Crippen molar-refractivity contribution in [2.45, 2.75) is 36.2 Å². The van der Waals surface area contributed by atoms with Gasteiger partial charge in [-0.25, -0.2) is 66.5 Å². The minimum atomic E-state index is -4.47. The summed E-state index contributed by atoms with van der Waals surface area (Å²) in [7, 11) is 11.7. The zero-order valence-electron chi connectivity index (χ0n) is 58.5. The summed E-state index contributed by atoms with van der Waals surface area (Å²) in [6, 6.07) is 28.3. The minimum absolute atomic E-state index is 0.000908. The predicted molar refractivity (Wildman–Crippen MR) is 401 cm³/mol. The number of carbonyl (C=O) groups is 5. The van der Waals surface area contributed by atoms with Crippen molar-refractivity contribution < 1.29 is 87.9 Å². The Morgan fingerprint density at radius 3 is 1.43 bits per heavy atom. The average molecular weight is 1610 g/mol. The van der Waals surface area contributed by atoms with E-state index in [1.54, 1.807) is 50.6 Å². The van der Waals surface area contributed by atoms with Gasteiger partial charge < -0.3 is 72.0 Å². The van der Waals surface area contributed by atoms with Gasteiger partial charge in [-0.1, -0.05) is 70.7 Å². The summed E-state index contributed by atoms with van der Waals surface area (Å²) >= 11 is 24.9. The first-order chi connectivity index (χ1) is 50.6. The number of thioether (sulfide) groups is 2. The van der Waals surface area contributed by atoms with E-state index >= 15 is 0 Å². The van der Waals surface area contributed by atoms with Crippen molar-refractivity contribution in [2.75, 3.05) is 121 Å². The molecule has 0 saturated carbocycles. The quantitative estimate of drug-likeness (QED) is 0.0189. The average Bonchev–Trinajstić information content (AvgIpc) is 0.803. The number of nitrogens with one attached hydrogen (secondary N) is 1. The lowest BCUT2D eigenvalue weighted by Gasteiger charge is -2.18. The zero-order chi connectivity index (χ0) is 79.9. The fourth-order valence-corrected chi connectivity index (χ4v) is 11.1. The number of alkyl halides is 5. The second kappa shape index (κ2) is 40.3. The van der Waals surface area contributed by atoms with Crippen LogP contribution >= 0.6 is 69.9 Å². The molecule has 0 saturated heterocycles. The number of aromatic nitrogens is 5. The number of rotatable bonds is 19. The Balaban J connectivity index is 0.000000242. The number of nitrogens with zero attached hydrogens (tertiary/aromatic N) is 6. The summed E-state index contributed by atoms with van der Waals surface area (Å²) in [6.07, 6.45) is -5.53. The number of esters is 5. The van der Waals surface area contributed by atoms with Crippen LogP contribution in [0.1, 0.15) is 78.4 Å². The first-order valence-corrected chi connectivity index (χ1v) is 34.3. The molecular weight excluding hydrogens is 1540 g/mol. The van der Waals surface area contributed by atoms with Gasteiger partial charge in [0.05, 0.1) is 121 Å². The third-order valence-electron chi connectivity index (χ3n) is 14.0. The number of pyridine rings is 5. The molecule has 0 radical (unpaired) electrons. The Labute approximate surface area is 637 Å². The second-order valence-electron chi connectivity index (χ2n) is 21.2. The van der Waals surface area contributed by atoms with Gasteiger partial charge in [0.1, 0.15) is 11.5 Å². The molecule has 0 spiro atoms. The summed E-state index contributed by atoms with van der Waals surface area (Å²) in [4.78, 5) is 81.5. The number of hydrogen-bond donors (Lipinski definition) is 6. The maximum atomic E-state index is 14.6. The highest BCUT2D eigenvalue weighted by atomic mass is 35.5. The molecule has 4 aromatic carbocycles. The topological polar surface area (TPSA) is 360 Å². The van der Waals surface area contributed by atoms with Gasteiger partial charge in [0.2, 0.25) is 0 Å². The van der Waals surface area contributed by atoms with Crippen LogP contribution in [0.25, 0.3) is 45.0 Å². The number of nitrogen functional groups attached to an aromatic ring is 5. The van der Waals surface area contributed by atoms with Crippen LogP contribution in [0.2, 0.25) is 20.1 Å². The molecule has 0 atom stereocenters. The number of carbonyl (C=O) groups excluding carboxylic acids is 5. The van der Waals surface area contributed by atoms with E-state index in [-0.39, 0.29) is 102 Å². The Morgan fingerprint density at radius 2 is 0.981 bits per heavy atom. The molecule has 570 valence electrons.